The number of nitrogens with one attached hydrogen (secondary N) is 2. The molecular formula is C16H12Cl2N4O2. The Kier molecular flexibility index (Phi) is 5.64. The van der Waals surface area contributed by atoms with Crippen molar-refractivity contribution in [3.63, 3.8) is 0 Å². The molecule has 8 heteroatoms. The van der Waals surface area contributed by atoms with E-state index in [1.807, 2.05) is 6.07 Å². The van der Waals surface area contributed by atoms with E-state index in [0.717, 1.165) is 0 Å². The van der Waals surface area contributed by atoms with Gasteiger partial charge in [-0.1, -0.05) is 23.2 Å². The number of carbonyl (C=O) groups excluding carboxylic acids is 2. The second kappa shape index (κ2) is 7.68. The SMILES string of the molecule is N#Cc1ccc(NC(=O)CNc2ccc(Cl)cc2C(N)=O)cc1Cl. The van der Waals surface area contributed by atoms with E-state index in [1.54, 1.807) is 18.2 Å². The molecule has 0 aliphatic heterocycles. The van der Waals surface area contributed by atoms with E-state index in [0.29, 0.717) is 22.0 Å². The highest BCUT2D eigenvalue weighted by Gasteiger charge is 2.11. The number of nitrogens with zero attached hydrogens (tertiary/aromatic N) is 1. The summed E-state index contributed by atoms with van der Waals surface area (Å²) in [6.45, 7) is -0.0977. The fraction of sp³-hybridized carbons (Fsp3) is 0.0625. The maximum absolute atomic E-state index is 12.0. The van der Waals surface area contributed by atoms with Crippen LogP contribution in [0, 0.1) is 11.3 Å². The minimum atomic E-state index is -0.653. The summed E-state index contributed by atoms with van der Waals surface area (Å²) in [6.07, 6.45) is 0. The van der Waals surface area contributed by atoms with Crippen LogP contribution in [0.4, 0.5) is 11.4 Å². The van der Waals surface area contributed by atoms with Crippen molar-refractivity contribution in [3.8, 4) is 6.07 Å². The van der Waals surface area contributed by atoms with Crippen LogP contribution >= 0.6 is 23.2 Å². The Bertz CT molecular complexity index is 846. The number of nitriles is 1. The van der Waals surface area contributed by atoms with Gasteiger partial charge in [-0.3, -0.25) is 9.59 Å². The Hall–Kier alpha value is -2.75. The lowest BCUT2D eigenvalue weighted by Crippen LogP contribution is -2.23. The lowest BCUT2D eigenvalue weighted by molar-refractivity contribution is -0.114. The van der Waals surface area contributed by atoms with E-state index < -0.39 is 5.91 Å². The summed E-state index contributed by atoms with van der Waals surface area (Å²) in [5, 5.41) is 14.9. The van der Waals surface area contributed by atoms with Gasteiger partial charge < -0.3 is 16.4 Å². The molecule has 0 aliphatic rings. The van der Waals surface area contributed by atoms with Crippen LogP contribution < -0.4 is 16.4 Å². The minimum Gasteiger partial charge on any atom is -0.375 e. The van der Waals surface area contributed by atoms with Gasteiger partial charge in [-0.25, -0.2) is 0 Å². The monoisotopic (exact) mass is 362 g/mol. The lowest BCUT2D eigenvalue weighted by Gasteiger charge is -2.11. The average Bonchev–Trinajstić information content (AvgIpc) is 2.53. The average molecular weight is 363 g/mol. The van der Waals surface area contributed by atoms with Crippen molar-refractivity contribution in [1.29, 1.82) is 5.26 Å². The van der Waals surface area contributed by atoms with Gasteiger partial charge in [0.2, 0.25) is 5.91 Å². The Morgan fingerprint density at radius 2 is 1.92 bits per heavy atom. The quantitative estimate of drug-likeness (QED) is 0.759. The highest BCUT2D eigenvalue weighted by Crippen LogP contribution is 2.21. The topological polar surface area (TPSA) is 108 Å². The molecule has 0 fully saturated rings. The van der Waals surface area contributed by atoms with Gasteiger partial charge in [0.05, 0.1) is 22.7 Å². The van der Waals surface area contributed by atoms with Crippen molar-refractivity contribution in [2.75, 3.05) is 17.2 Å². The summed E-state index contributed by atoms with van der Waals surface area (Å²) in [6, 6.07) is 11.1. The van der Waals surface area contributed by atoms with Crippen molar-refractivity contribution in [3.05, 3.63) is 57.6 Å². The molecule has 2 amide bonds. The smallest absolute Gasteiger partial charge is 0.250 e. The zero-order valence-corrected chi connectivity index (χ0v) is 13.8. The molecule has 24 heavy (non-hydrogen) atoms. The molecule has 0 spiro atoms. The summed E-state index contributed by atoms with van der Waals surface area (Å²) >= 11 is 11.7. The second-order valence-electron chi connectivity index (χ2n) is 4.76. The molecule has 0 atom stereocenters. The Labute approximate surface area is 148 Å². The van der Waals surface area contributed by atoms with E-state index >= 15 is 0 Å². The fourth-order valence-corrected chi connectivity index (χ4v) is 2.33. The Morgan fingerprint density at radius 1 is 1.17 bits per heavy atom. The van der Waals surface area contributed by atoms with E-state index in [-0.39, 0.29) is 23.0 Å². The number of primary amides is 1. The van der Waals surface area contributed by atoms with E-state index in [1.165, 1.54) is 18.2 Å². The third-order valence-electron chi connectivity index (χ3n) is 3.06. The van der Waals surface area contributed by atoms with Gasteiger partial charge in [-0.05, 0) is 36.4 Å². The van der Waals surface area contributed by atoms with Crippen LogP contribution in [0.15, 0.2) is 36.4 Å². The third kappa shape index (κ3) is 4.38. The first-order chi connectivity index (χ1) is 11.4. The van der Waals surface area contributed by atoms with Crippen molar-refractivity contribution in [2.24, 2.45) is 5.73 Å². The molecule has 0 aliphatic carbocycles. The Balaban J connectivity index is 2.03. The second-order valence-corrected chi connectivity index (χ2v) is 5.61. The van der Waals surface area contributed by atoms with Crippen molar-refractivity contribution in [1.82, 2.24) is 0 Å². The molecule has 122 valence electrons. The highest BCUT2D eigenvalue weighted by atomic mass is 35.5. The largest absolute Gasteiger partial charge is 0.375 e. The molecular weight excluding hydrogens is 351 g/mol. The van der Waals surface area contributed by atoms with E-state index in [9.17, 15) is 9.59 Å². The molecule has 6 nitrogen and oxygen atoms in total. The van der Waals surface area contributed by atoms with Gasteiger partial charge >= 0.3 is 0 Å². The van der Waals surface area contributed by atoms with Gasteiger partial charge in [-0.2, -0.15) is 5.26 Å². The number of nitrogens with two attached hydrogens (primary N) is 1. The number of hydrogen-bond donors (Lipinski definition) is 3. The fourth-order valence-electron chi connectivity index (χ4n) is 1.94. The predicted molar refractivity (Wildman–Crippen MR) is 93.3 cm³/mol. The number of anilines is 2. The van der Waals surface area contributed by atoms with Gasteiger partial charge in [0.25, 0.3) is 5.91 Å². The predicted octanol–water partition coefficient (Wildman–Crippen LogP) is 3.01. The first-order valence-corrected chi connectivity index (χ1v) is 7.49. The first kappa shape index (κ1) is 17.6. The molecule has 0 unspecified atom stereocenters. The van der Waals surface area contributed by atoms with Crippen LogP contribution in [0.1, 0.15) is 15.9 Å². The normalized spacial score (nSPS) is 9.88. The maximum atomic E-state index is 12.0. The van der Waals surface area contributed by atoms with Crippen molar-refractivity contribution < 1.29 is 9.59 Å². The molecule has 2 aromatic rings. The summed E-state index contributed by atoms with van der Waals surface area (Å²) in [7, 11) is 0. The van der Waals surface area contributed by atoms with Gasteiger partial charge in [0.1, 0.15) is 6.07 Å². The van der Waals surface area contributed by atoms with Gasteiger partial charge in [0, 0.05) is 16.4 Å². The molecule has 0 radical (unpaired) electrons. The first-order valence-electron chi connectivity index (χ1n) is 6.73. The number of carbonyl (C=O) groups is 2. The number of halogens is 2. The molecule has 2 rings (SSSR count). The maximum Gasteiger partial charge on any atom is 0.250 e. The zero-order valence-electron chi connectivity index (χ0n) is 12.3. The summed E-state index contributed by atoms with van der Waals surface area (Å²) < 4.78 is 0. The van der Waals surface area contributed by atoms with Crippen LogP contribution in [0.5, 0.6) is 0 Å². The van der Waals surface area contributed by atoms with E-state index in [2.05, 4.69) is 10.6 Å². The molecule has 0 bridgehead atoms. The minimum absolute atomic E-state index is 0.0977. The molecule has 2 aromatic carbocycles. The molecule has 4 N–H and O–H groups in total. The summed E-state index contributed by atoms with van der Waals surface area (Å²) in [5.74, 6) is -1.01. The zero-order chi connectivity index (χ0) is 17.7. The van der Waals surface area contributed by atoms with Crippen LogP contribution in [0.2, 0.25) is 10.0 Å². The summed E-state index contributed by atoms with van der Waals surface area (Å²) in [4.78, 5) is 23.4. The Morgan fingerprint density at radius 3 is 2.54 bits per heavy atom. The van der Waals surface area contributed by atoms with Gasteiger partial charge in [-0.15, -0.1) is 0 Å². The van der Waals surface area contributed by atoms with Crippen LogP contribution in [-0.2, 0) is 4.79 Å². The molecule has 0 saturated heterocycles. The third-order valence-corrected chi connectivity index (χ3v) is 3.61. The van der Waals surface area contributed by atoms with Crippen LogP contribution in [-0.4, -0.2) is 18.4 Å². The molecule has 0 saturated carbocycles. The molecule has 0 aromatic heterocycles. The lowest BCUT2D eigenvalue weighted by atomic mass is 10.1. The van der Waals surface area contributed by atoms with Crippen LogP contribution in [0.3, 0.4) is 0 Å². The van der Waals surface area contributed by atoms with E-state index in [4.69, 9.17) is 34.2 Å². The van der Waals surface area contributed by atoms with Crippen molar-refractivity contribution in [2.45, 2.75) is 0 Å². The van der Waals surface area contributed by atoms with Crippen LogP contribution in [0.25, 0.3) is 0 Å². The summed E-state index contributed by atoms with van der Waals surface area (Å²) in [5.41, 5.74) is 6.65. The number of rotatable bonds is 5. The number of hydrogen-bond acceptors (Lipinski definition) is 4. The molecule has 0 heterocycles. The highest BCUT2D eigenvalue weighted by molar-refractivity contribution is 6.32. The number of benzene rings is 2. The van der Waals surface area contributed by atoms with Crippen molar-refractivity contribution >= 4 is 46.4 Å². The van der Waals surface area contributed by atoms with Gasteiger partial charge in [0.15, 0.2) is 0 Å². The standard InChI is InChI=1S/C16H12Cl2N4O2/c17-10-2-4-14(12(5-10)16(20)24)21-8-15(23)22-11-3-1-9(7-19)13(18)6-11/h1-6,21H,8H2,(H2,20,24)(H,22,23). The number of amides is 2.